The van der Waals surface area contributed by atoms with Crippen molar-refractivity contribution in [2.75, 3.05) is 19.8 Å². The van der Waals surface area contributed by atoms with Crippen LogP contribution >= 0.6 is 0 Å². The number of carbonyl (C=O) groups excluding carboxylic acids is 1. The SMILES string of the molecule is NCCOc1cccc(C(=O)N[C@H]2COC3(CCCCC3)C2)c1. The van der Waals surface area contributed by atoms with Crippen molar-refractivity contribution in [1.29, 1.82) is 0 Å². The molecule has 23 heavy (non-hydrogen) atoms. The fourth-order valence-corrected chi connectivity index (χ4v) is 3.65. The van der Waals surface area contributed by atoms with Crippen LogP contribution < -0.4 is 15.8 Å². The summed E-state index contributed by atoms with van der Waals surface area (Å²) in [5.41, 5.74) is 6.06. The van der Waals surface area contributed by atoms with Gasteiger partial charge >= 0.3 is 0 Å². The maximum atomic E-state index is 12.5. The summed E-state index contributed by atoms with van der Waals surface area (Å²) in [5.74, 6) is 0.610. The van der Waals surface area contributed by atoms with Crippen LogP contribution in [0.1, 0.15) is 48.9 Å². The van der Waals surface area contributed by atoms with Crippen molar-refractivity contribution >= 4 is 5.91 Å². The van der Waals surface area contributed by atoms with Gasteiger partial charge in [0.25, 0.3) is 5.91 Å². The van der Waals surface area contributed by atoms with Crippen LogP contribution in [0.2, 0.25) is 0 Å². The number of carbonyl (C=O) groups is 1. The number of hydrogen-bond donors (Lipinski definition) is 2. The second kappa shape index (κ2) is 7.32. The maximum absolute atomic E-state index is 12.5. The summed E-state index contributed by atoms with van der Waals surface area (Å²) in [7, 11) is 0. The predicted molar refractivity (Wildman–Crippen MR) is 88.6 cm³/mol. The van der Waals surface area contributed by atoms with Crippen LogP contribution in [-0.2, 0) is 4.74 Å². The Labute approximate surface area is 137 Å². The highest BCUT2D eigenvalue weighted by atomic mass is 16.5. The molecule has 1 saturated carbocycles. The van der Waals surface area contributed by atoms with E-state index in [1.807, 2.05) is 12.1 Å². The summed E-state index contributed by atoms with van der Waals surface area (Å²) in [6, 6.07) is 7.33. The first kappa shape index (κ1) is 16.3. The van der Waals surface area contributed by atoms with Gasteiger partial charge in [0.05, 0.1) is 18.2 Å². The lowest BCUT2D eigenvalue weighted by atomic mass is 9.82. The Morgan fingerprint density at radius 2 is 2.17 bits per heavy atom. The highest BCUT2D eigenvalue weighted by molar-refractivity contribution is 5.94. The highest BCUT2D eigenvalue weighted by Gasteiger charge is 2.41. The molecular weight excluding hydrogens is 292 g/mol. The van der Waals surface area contributed by atoms with Crippen molar-refractivity contribution in [2.45, 2.75) is 50.2 Å². The van der Waals surface area contributed by atoms with Crippen LogP contribution in [0, 0.1) is 0 Å². The van der Waals surface area contributed by atoms with Crippen molar-refractivity contribution in [2.24, 2.45) is 5.73 Å². The van der Waals surface area contributed by atoms with Crippen LogP contribution in [-0.4, -0.2) is 37.3 Å². The van der Waals surface area contributed by atoms with E-state index in [9.17, 15) is 4.79 Å². The molecule has 1 amide bonds. The molecule has 0 bridgehead atoms. The largest absolute Gasteiger partial charge is 0.492 e. The molecule has 0 radical (unpaired) electrons. The first-order valence-corrected chi connectivity index (χ1v) is 8.59. The zero-order chi connectivity index (χ0) is 16.1. The Kier molecular flexibility index (Phi) is 5.18. The molecule has 1 heterocycles. The van der Waals surface area contributed by atoms with Gasteiger partial charge in [-0.3, -0.25) is 4.79 Å². The molecule has 0 aromatic heterocycles. The van der Waals surface area contributed by atoms with Crippen molar-refractivity contribution in [3.8, 4) is 5.75 Å². The van der Waals surface area contributed by atoms with Gasteiger partial charge in [-0.05, 0) is 37.5 Å². The molecule has 5 nitrogen and oxygen atoms in total. The monoisotopic (exact) mass is 318 g/mol. The first-order chi connectivity index (χ1) is 11.2. The van der Waals surface area contributed by atoms with Crippen molar-refractivity contribution in [1.82, 2.24) is 5.32 Å². The van der Waals surface area contributed by atoms with E-state index < -0.39 is 0 Å². The molecule has 1 atom stereocenters. The van der Waals surface area contributed by atoms with E-state index in [1.165, 1.54) is 19.3 Å². The molecule has 1 aliphatic heterocycles. The Hall–Kier alpha value is -1.59. The third-order valence-electron chi connectivity index (χ3n) is 4.79. The molecule has 1 aromatic rings. The fraction of sp³-hybridized carbons (Fsp3) is 0.611. The molecule has 5 heteroatoms. The lowest BCUT2D eigenvalue weighted by molar-refractivity contribution is -0.0246. The Morgan fingerprint density at radius 3 is 2.96 bits per heavy atom. The number of benzene rings is 1. The topological polar surface area (TPSA) is 73.6 Å². The average molecular weight is 318 g/mol. The number of ether oxygens (including phenoxy) is 2. The van der Waals surface area contributed by atoms with E-state index in [1.54, 1.807) is 12.1 Å². The predicted octanol–water partition coefficient (Wildman–Crippen LogP) is 2.25. The molecule has 2 aliphatic rings. The zero-order valence-electron chi connectivity index (χ0n) is 13.6. The van der Waals surface area contributed by atoms with Crippen molar-refractivity contribution < 1.29 is 14.3 Å². The normalized spacial score (nSPS) is 22.9. The first-order valence-electron chi connectivity index (χ1n) is 8.59. The molecule has 2 fully saturated rings. The van der Waals surface area contributed by atoms with Crippen LogP contribution in [0.4, 0.5) is 0 Å². The Bertz CT molecular complexity index is 541. The van der Waals surface area contributed by atoms with Gasteiger partial charge in [-0.2, -0.15) is 0 Å². The summed E-state index contributed by atoms with van der Waals surface area (Å²) >= 11 is 0. The van der Waals surface area contributed by atoms with Gasteiger partial charge in [0, 0.05) is 12.1 Å². The fourth-order valence-electron chi connectivity index (χ4n) is 3.65. The van der Waals surface area contributed by atoms with E-state index in [-0.39, 0.29) is 17.6 Å². The van der Waals surface area contributed by atoms with Crippen LogP contribution in [0.15, 0.2) is 24.3 Å². The van der Waals surface area contributed by atoms with E-state index >= 15 is 0 Å². The van der Waals surface area contributed by atoms with Crippen molar-refractivity contribution in [3.63, 3.8) is 0 Å². The molecule has 3 N–H and O–H groups in total. The molecule has 0 unspecified atom stereocenters. The zero-order valence-corrected chi connectivity index (χ0v) is 13.6. The molecule has 1 aromatic carbocycles. The summed E-state index contributed by atoms with van der Waals surface area (Å²) in [6.07, 6.45) is 6.96. The lowest BCUT2D eigenvalue weighted by Crippen LogP contribution is -2.37. The number of nitrogens with two attached hydrogens (primary N) is 1. The van der Waals surface area contributed by atoms with Gasteiger partial charge in [-0.1, -0.05) is 25.3 Å². The minimum atomic E-state index is -0.0651. The van der Waals surface area contributed by atoms with Gasteiger partial charge in [0.15, 0.2) is 0 Å². The van der Waals surface area contributed by atoms with Crippen LogP contribution in [0.3, 0.4) is 0 Å². The number of rotatable bonds is 5. The maximum Gasteiger partial charge on any atom is 0.251 e. The van der Waals surface area contributed by atoms with Crippen LogP contribution in [0.25, 0.3) is 0 Å². The van der Waals surface area contributed by atoms with E-state index in [0.29, 0.717) is 31.1 Å². The molecule has 1 saturated heterocycles. The van der Waals surface area contributed by atoms with Gasteiger partial charge in [-0.15, -0.1) is 0 Å². The number of nitrogens with one attached hydrogen (secondary N) is 1. The lowest BCUT2D eigenvalue weighted by Gasteiger charge is -2.32. The van der Waals surface area contributed by atoms with Gasteiger partial charge < -0.3 is 20.5 Å². The van der Waals surface area contributed by atoms with Gasteiger partial charge in [0.1, 0.15) is 12.4 Å². The molecule has 126 valence electrons. The minimum Gasteiger partial charge on any atom is -0.492 e. The average Bonchev–Trinajstić information content (AvgIpc) is 2.96. The quantitative estimate of drug-likeness (QED) is 0.873. The summed E-state index contributed by atoms with van der Waals surface area (Å²) in [4.78, 5) is 12.5. The van der Waals surface area contributed by atoms with Crippen LogP contribution in [0.5, 0.6) is 5.75 Å². The third-order valence-corrected chi connectivity index (χ3v) is 4.79. The molecular formula is C18H26N2O3. The van der Waals surface area contributed by atoms with E-state index in [4.69, 9.17) is 15.2 Å². The Morgan fingerprint density at radius 1 is 1.35 bits per heavy atom. The van der Waals surface area contributed by atoms with Crippen molar-refractivity contribution in [3.05, 3.63) is 29.8 Å². The van der Waals surface area contributed by atoms with E-state index in [0.717, 1.165) is 19.3 Å². The van der Waals surface area contributed by atoms with Gasteiger partial charge in [-0.25, -0.2) is 0 Å². The summed E-state index contributed by atoms with van der Waals surface area (Å²) in [6.45, 7) is 1.52. The summed E-state index contributed by atoms with van der Waals surface area (Å²) in [5, 5.41) is 3.11. The second-order valence-corrected chi connectivity index (χ2v) is 6.59. The third kappa shape index (κ3) is 4.03. The van der Waals surface area contributed by atoms with E-state index in [2.05, 4.69) is 5.32 Å². The number of hydrogen-bond acceptors (Lipinski definition) is 4. The standard InChI is InChI=1S/C18H26N2O3/c19-9-10-22-16-6-4-5-14(11-16)17(21)20-15-12-18(23-13-15)7-2-1-3-8-18/h4-6,11,15H,1-3,7-10,12-13,19H2,(H,20,21)/t15-/m1/s1. The second-order valence-electron chi connectivity index (χ2n) is 6.59. The number of amides is 1. The molecule has 1 spiro atoms. The van der Waals surface area contributed by atoms with Gasteiger partial charge in [0.2, 0.25) is 0 Å². The molecule has 1 aliphatic carbocycles. The smallest absolute Gasteiger partial charge is 0.251 e. The summed E-state index contributed by atoms with van der Waals surface area (Å²) < 4.78 is 11.5. The highest BCUT2D eigenvalue weighted by Crippen LogP contribution is 2.39. The minimum absolute atomic E-state index is 0.0162. The Balaban J connectivity index is 1.57. The molecule has 3 rings (SSSR count).